The predicted molar refractivity (Wildman–Crippen MR) is 127 cm³/mol. The van der Waals surface area contributed by atoms with E-state index in [1.165, 1.54) is 33.6 Å². The minimum absolute atomic E-state index is 0.143. The van der Waals surface area contributed by atoms with Crippen LogP contribution in [0.15, 0.2) is 29.2 Å². The molecule has 9 heteroatoms. The van der Waals surface area contributed by atoms with Crippen molar-refractivity contribution in [1.82, 2.24) is 15.1 Å². The Bertz CT molecular complexity index is 967. The van der Waals surface area contributed by atoms with Gasteiger partial charge < -0.3 is 5.32 Å². The van der Waals surface area contributed by atoms with E-state index in [0.717, 1.165) is 23.4 Å². The zero-order valence-electron chi connectivity index (χ0n) is 17.2. The van der Waals surface area contributed by atoms with Crippen LogP contribution in [-0.2, 0) is 22.4 Å². The Morgan fingerprint density at radius 2 is 2.00 bits per heavy atom. The highest BCUT2D eigenvalue weighted by Crippen LogP contribution is 2.32. The number of thiocarbonyl (C=S) groups is 1. The summed E-state index contributed by atoms with van der Waals surface area (Å²) in [6, 6.07) is 8.09. The number of rotatable bonds is 8. The molecule has 6 nitrogen and oxygen atoms in total. The van der Waals surface area contributed by atoms with Crippen LogP contribution in [0.3, 0.4) is 0 Å². The number of amides is 2. The van der Waals surface area contributed by atoms with Crippen molar-refractivity contribution < 1.29 is 9.59 Å². The molecule has 1 aliphatic heterocycles. The summed E-state index contributed by atoms with van der Waals surface area (Å²) in [4.78, 5) is 27.0. The van der Waals surface area contributed by atoms with Crippen LogP contribution < -0.4 is 5.32 Å². The van der Waals surface area contributed by atoms with Gasteiger partial charge in [-0.1, -0.05) is 80.4 Å². The van der Waals surface area contributed by atoms with Gasteiger partial charge >= 0.3 is 0 Å². The number of carbonyl (C=O) groups is 2. The van der Waals surface area contributed by atoms with Gasteiger partial charge in [0.15, 0.2) is 0 Å². The summed E-state index contributed by atoms with van der Waals surface area (Å²) in [5, 5.41) is 12.2. The molecule has 0 unspecified atom stereocenters. The zero-order chi connectivity index (χ0) is 21.7. The lowest BCUT2D eigenvalue weighted by Crippen LogP contribution is -2.31. The van der Waals surface area contributed by atoms with Gasteiger partial charge in [-0.05, 0) is 29.5 Å². The number of nitrogens with one attached hydrogen (secondary N) is 1. The van der Waals surface area contributed by atoms with Crippen LogP contribution in [0.2, 0.25) is 0 Å². The van der Waals surface area contributed by atoms with E-state index in [9.17, 15) is 9.59 Å². The van der Waals surface area contributed by atoms with E-state index >= 15 is 0 Å². The zero-order valence-corrected chi connectivity index (χ0v) is 19.6. The average molecular weight is 461 g/mol. The fourth-order valence-electron chi connectivity index (χ4n) is 2.82. The monoisotopic (exact) mass is 460 g/mol. The lowest BCUT2D eigenvalue weighted by atomic mass is 10.1. The van der Waals surface area contributed by atoms with Crippen LogP contribution in [0.5, 0.6) is 0 Å². The van der Waals surface area contributed by atoms with Crippen LogP contribution in [0, 0.1) is 5.92 Å². The van der Waals surface area contributed by atoms with Gasteiger partial charge in [-0.2, -0.15) is 0 Å². The van der Waals surface area contributed by atoms with E-state index in [-0.39, 0.29) is 24.8 Å². The number of thioether (sulfide) groups is 1. The molecule has 1 N–H and O–H groups in total. The van der Waals surface area contributed by atoms with Crippen molar-refractivity contribution in [2.45, 2.75) is 40.0 Å². The molecule has 1 fully saturated rings. The SMILES string of the molecule is CCc1ccc(/C=C2\SC(=S)N(CCC(=O)Nc3nnc(CC(C)C)s3)C2=O)cc1. The molecular formula is C21H24N4O2S3. The normalized spacial score (nSPS) is 15.5. The third kappa shape index (κ3) is 5.96. The maximum Gasteiger partial charge on any atom is 0.266 e. The van der Waals surface area contributed by atoms with E-state index in [1.54, 1.807) is 0 Å². The van der Waals surface area contributed by atoms with Gasteiger partial charge in [0, 0.05) is 19.4 Å². The number of hydrogen-bond donors (Lipinski definition) is 1. The van der Waals surface area contributed by atoms with Crippen LogP contribution in [-0.4, -0.2) is 37.8 Å². The molecule has 158 valence electrons. The first-order valence-electron chi connectivity index (χ1n) is 9.82. The molecule has 1 aromatic heterocycles. The molecule has 1 saturated heterocycles. The first-order chi connectivity index (χ1) is 14.4. The van der Waals surface area contributed by atoms with Crippen molar-refractivity contribution >= 4 is 62.7 Å². The summed E-state index contributed by atoms with van der Waals surface area (Å²) in [6.07, 6.45) is 3.79. The molecule has 2 amide bonds. The summed E-state index contributed by atoms with van der Waals surface area (Å²) in [5.74, 6) is 0.107. The van der Waals surface area contributed by atoms with E-state index in [1.807, 2.05) is 18.2 Å². The summed E-state index contributed by atoms with van der Waals surface area (Å²) in [5.41, 5.74) is 2.20. The second kappa shape index (κ2) is 10.3. The first kappa shape index (κ1) is 22.6. The van der Waals surface area contributed by atoms with Crippen molar-refractivity contribution in [2.24, 2.45) is 5.92 Å². The topological polar surface area (TPSA) is 75.2 Å². The highest BCUT2D eigenvalue weighted by molar-refractivity contribution is 8.26. The molecule has 0 saturated carbocycles. The molecule has 30 heavy (non-hydrogen) atoms. The molecule has 0 atom stereocenters. The van der Waals surface area contributed by atoms with Gasteiger partial charge in [-0.15, -0.1) is 10.2 Å². The van der Waals surface area contributed by atoms with Gasteiger partial charge in [0.2, 0.25) is 11.0 Å². The summed E-state index contributed by atoms with van der Waals surface area (Å²) >= 11 is 8.00. The Hall–Kier alpha value is -2.10. The predicted octanol–water partition coefficient (Wildman–Crippen LogP) is 4.53. The number of nitrogens with zero attached hydrogens (tertiary/aromatic N) is 3. The first-order valence-corrected chi connectivity index (χ1v) is 11.9. The number of anilines is 1. The maximum absolute atomic E-state index is 12.7. The van der Waals surface area contributed by atoms with Crippen molar-refractivity contribution in [1.29, 1.82) is 0 Å². The van der Waals surface area contributed by atoms with Crippen molar-refractivity contribution in [2.75, 3.05) is 11.9 Å². The largest absolute Gasteiger partial charge is 0.300 e. The molecule has 2 aromatic rings. The van der Waals surface area contributed by atoms with E-state index < -0.39 is 0 Å². The van der Waals surface area contributed by atoms with Crippen molar-refractivity contribution in [3.8, 4) is 0 Å². The number of benzene rings is 1. The molecule has 1 aromatic carbocycles. The molecule has 3 rings (SSSR count). The second-order valence-corrected chi connectivity index (χ2v) is 10.1. The van der Waals surface area contributed by atoms with Crippen molar-refractivity contribution in [3.05, 3.63) is 45.3 Å². The molecule has 0 bridgehead atoms. The third-order valence-electron chi connectivity index (χ3n) is 4.42. The fourth-order valence-corrected chi connectivity index (χ4v) is 5.10. The third-order valence-corrected chi connectivity index (χ3v) is 6.66. The Morgan fingerprint density at radius 3 is 2.67 bits per heavy atom. The van der Waals surface area contributed by atoms with Gasteiger partial charge in [-0.25, -0.2) is 0 Å². The number of aryl methyl sites for hydroxylation is 1. The fraction of sp³-hybridized carbons (Fsp3) is 0.381. The van der Waals surface area contributed by atoms with E-state index in [2.05, 4.69) is 48.4 Å². The Balaban J connectivity index is 1.55. The maximum atomic E-state index is 12.7. The molecule has 1 aliphatic rings. The van der Waals surface area contributed by atoms with Gasteiger partial charge in [-0.3, -0.25) is 14.5 Å². The molecule has 0 spiro atoms. The average Bonchev–Trinajstić information content (AvgIpc) is 3.24. The summed E-state index contributed by atoms with van der Waals surface area (Å²) in [6.45, 7) is 6.55. The summed E-state index contributed by atoms with van der Waals surface area (Å²) in [7, 11) is 0. The van der Waals surface area contributed by atoms with Crippen LogP contribution in [0.4, 0.5) is 5.13 Å². The quantitative estimate of drug-likeness (QED) is 0.461. The van der Waals surface area contributed by atoms with Crippen LogP contribution in [0.1, 0.15) is 43.3 Å². The Morgan fingerprint density at radius 1 is 1.27 bits per heavy atom. The lowest BCUT2D eigenvalue weighted by Gasteiger charge is -2.13. The number of hydrogen-bond acceptors (Lipinski definition) is 7. The van der Waals surface area contributed by atoms with Gasteiger partial charge in [0.05, 0.1) is 4.91 Å². The Kier molecular flexibility index (Phi) is 7.74. The van der Waals surface area contributed by atoms with Gasteiger partial charge in [0.25, 0.3) is 5.91 Å². The van der Waals surface area contributed by atoms with Gasteiger partial charge in [0.1, 0.15) is 9.33 Å². The highest BCUT2D eigenvalue weighted by Gasteiger charge is 2.32. The second-order valence-electron chi connectivity index (χ2n) is 7.33. The van der Waals surface area contributed by atoms with Crippen molar-refractivity contribution in [3.63, 3.8) is 0 Å². The van der Waals surface area contributed by atoms with E-state index in [4.69, 9.17) is 12.2 Å². The van der Waals surface area contributed by atoms with Crippen LogP contribution >= 0.6 is 35.3 Å². The molecule has 2 heterocycles. The highest BCUT2D eigenvalue weighted by atomic mass is 32.2. The number of aromatic nitrogens is 2. The Labute approximate surface area is 190 Å². The molecule has 0 radical (unpaired) electrons. The number of carbonyl (C=O) groups excluding carboxylic acids is 2. The smallest absolute Gasteiger partial charge is 0.266 e. The molecule has 0 aliphatic carbocycles. The van der Waals surface area contributed by atoms with Crippen LogP contribution in [0.25, 0.3) is 6.08 Å². The minimum Gasteiger partial charge on any atom is -0.300 e. The van der Waals surface area contributed by atoms with E-state index in [0.29, 0.717) is 20.3 Å². The minimum atomic E-state index is -0.213. The lowest BCUT2D eigenvalue weighted by molar-refractivity contribution is -0.122. The summed E-state index contributed by atoms with van der Waals surface area (Å²) < 4.78 is 0.472. The standard InChI is InChI=1S/C21H24N4O2S3/c1-4-14-5-7-15(8-6-14)12-16-19(27)25(21(28)29-16)10-9-17(26)22-20-24-23-18(30-20)11-13(2)3/h5-8,12-13H,4,9-11H2,1-3H3,(H,22,24,26)/b16-12-. The molecular weight excluding hydrogens is 436 g/mol.